The van der Waals surface area contributed by atoms with Crippen LogP contribution in [0, 0.1) is 18.3 Å². The molecule has 2 aromatic heterocycles. The summed E-state index contributed by atoms with van der Waals surface area (Å²) in [7, 11) is 0. The molecule has 6 rings (SSSR count). The van der Waals surface area contributed by atoms with Gasteiger partial charge in [0.15, 0.2) is 28.4 Å². The molecule has 13 heteroatoms. The van der Waals surface area contributed by atoms with Gasteiger partial charge in [-0.3, -0.25) is 24.0 Å². The van der Waals surface area contributed by atoms with E-state index in [9.17, 15) is 24.0 Å². The zero-order valence-corrected chi connectivity index (χ0v) is 31.0. The van der Waals surface area contributed by atoms with E-state index in [1.54, 1.807) is 24.7 Å². The van der Waals surface area contributed by atoms with Crippen molar-refractivity contribution in [1.29, 1.82) is 0 Å². The minimum absolute atomic E-state index is 0.0227. The Kier molecular flexibility index (Phi) is 13.0. The molecule has 4 N–H and O–H groups in total. The van der Waals surface area contributed by atoms with Gasteiger partial charge >= 0.3 is 0 Å². The minimum atomic E-state index is -1.13. The van der Waals surface area contributed by atoms with E-state index in [4.69, 9.17) is 24.7 Å². The maximum Gasteiger partial charge on any atom is 0.233 e. The Balaban J connectivity index is 0.837. The van der Waals surface area contributed by atoms with Gasteiger partial charge in [0.2, 0.25) is 23.6 Å². The summed E-state index contributed by atoms with van der Waals surface area (Å²) in [5, 5.41) is 12.6. The fraction of sp³-hybridized carbons (Fsp3) is 0.326. The number of fused-ring (bicyclic) bond motifs is 4. The van der Waals surface area contributed by atoms with Gasteiger partial charge in [-0.25, -0.2) is 0 Å². The van der Waals surface area contributed by atoms with Crippen molar-refractivity contribution in [3.63, 3.8) is 0 Å². The van der Waals surface area contributed by atoms with Crippen molar-refractivity contribution in [2.45, 2.75) is 44.9 Å². The molecule has 1 atom stereocenters. The van der Waals surface area contributed by atoms with E-state index in [0.29, 0.717) is 48.5 Å². The van der Waals surface area contributed by atoms with E-state index in [2.05, 4.69) is 39.8 Å². The second kappa shape index (κ2) is 18.7. The number of carbonyl (C=O) groups excluding carboxylic acids is 5. The van der Waals surface area contributed by atoms with Crippen LogP contribution in [-0.4, -0.2) is 68.8 Å². The van der Waals surface area contributed by atoms with E-state index in [1.807, 2.05) is 30.4 Å². The fourth-order valence-electron chi connectivity index (χ4n) is 6.59. The van der Waals surface area contributed by atoms with Crippen LogP contribution in [-0.2, 0) is 36.8 Å². The highest BCUT2D eigenvalue weighted by Crippen LogP contribution is 2.38. The lowest BCUT2D eigenvalue weighted by Crippen LogP contribution is -2.45. The SMILES string of the molecule is C#CCC(C(=O)NCCNC(=O)CCCOc1c2c(cc3ccoc13)C=CC(=C)C2)C(=O)NCCNC(=O)CCCOc1c2c(cc3ccoc13)C=CC(=O)C2. The first-order valence-corrected chi connectivity index (χ1v) is 18.6. The predicted octanol–water partition coefficient (Wildman–Crippen LogP) is 4.57. The molecule has 2 aliphatic carbocycles. The Labute approximate surface area is 323 Å². The Hall–Kier alpha value is -6.55. The third-order valence-corrected chi connectivity index (χ3v) is 9.41. The largest absolute Gasteiger partial charge is 0.489 e. The zero-order chi connectivity index (χ0) is 39.4. The van der Waals surface area contributed by atoms with Crippen LogP contribution in [0.1, 0.15) is 54.4 Å². The van der Waals surface area contributed by atoms with Gasteiger partial charge in [-0.05, 0) is 54.3 Å². The average molecular weight is 761 g/mol. The van der Waals surface area contributed by atoms with Crippen molar-refractivity contribution in [3.05, 3.63) is 83.3 Å². The normalized spacial score (nSPS) is 13.4. The summed E-state index contributed by atoms with van der Waals surface area (Å²) in [5.74, 6) is 0.817. The van der Waals surface area contributed by atoms with Crippen LogP contribution in [0.3, 0.4) is 0 Å². The summed E-state index contributed by atoms with van der Waals surface area (Å²) in [4.78, 5) is 62.5. The third-order valence-electron chi connectivity index (χ3n) is 9.41. The molecule has 4 amide bonds. The number of furan rings is 2. The summed E-state index contributed by atoms with van der Waals surface area (Å²) in [6.45, 7) is 5.11. The Morgan fingerprint density at radius 3 is 1.77 bits per heavy atom. The lowest BCUT2D eigenvalue weighted by molar-refractivity contribution is -0.135. The molecule has 0 saturated heterocycles. The number of allylic oxidation sites excluding steroid dienone is 3. The molecule has 0 fully saturated rings. The molecular weight excluding hydrogens is 716 g/mol. The van der Waals surface area contributed by atoms with Crippen LogP contribution in [0.15, 0.2) is 69.9 Å². The maximum absolute atomic E-state index is 12.8. The monoisotopic (exact) mass is 760 g/mol. The molecule has 0 saturated carbocycles. The molecule has 2 aromatic carbocycles. The summed E-state index contributed by atoms with van der Waals surface area (Å²) in [6, 6.07) is 7.72. The Morgan fingerprint density at radius 1 is 0.732 bits per heavy atom. The molecule has 0 spiro atoms. The van der Waals surface area contributed by atoms with Crippen molar-refractivity contribution in [3.8, 4) is 23.8 Å². The number of amides is 4. The van der Waals surface area contributed by atoms with Crippen molar-refractivity contribution in [1.82, 2.24) is 21.3 Å². The van der Waals surface area contributed by atoms with E-state index < -0.39 is 17.7 Å². The molecule has 290 valence electrons. The van der Waals surface area contributed by atoms with Gasteiger partial charge in [-0.1, -0.05) is 30.4 Å². The number of terminal acetylenes is 1. The molecule has 56 heavy (non-hydrogen) atoms. The number of nitrogens with one attached hydrogen (secondary N) is 4. The van der Waals surface area contributed by atoms with Crippen LogP contribution >= 0.6 is 0 Å². The topological polar surface area (TPSA) is 178 Å². The van der Waals surface area contributed by atoms with Gasteiger partial charge in [0, 0.05) is 80.2 Å². The van der Waals surface area contributed by atoms with Crippen LogP contribution in [0.2, 0.25) is 0 Å². The number of benzene rings is 2. The summed E-state index contributed by atoms with van der Waals surface area (Å²) in [6.07, 6.45) is 18.0. The van der Waals surface area contributed by atoms with E-state index in [-0.39, 0.29) is 76.1 Å². The van der Waals surface area contributed by atoms with Crippen molar-refractivity contribution >= 4 is 63.5 Å². The summed E-state index contributed by atoms with van der Waals surface area (Å²) >= 11 is 0. The number of carbonyl (C=O) groups is 5. The number of hydrogen-bond donors (Lipinski definition) is 4. The average Bonchev–Trinajstić information content (AvgIpc) is 3.86. The van der Waals surface area contributed by atoms with Crippen molar-refractivity contribution in [2.75, 3.05) is 39.4 Å². The van der Waals surface area contributed by atoms with E-state index in [1.165, 1.54) is 0 Å². The minimum Gasteiger partial charge on any atom is -0.489 e. The molecule has 0 aliphatic heterocycles. The Morgan fingerprint density at radius 2 is 1.23 bits per heavy atom. The number of hydrogen-bond acceptors (Lipinski definition) is 9. The highest BCUT2D eigenvalue weighted by atomic mass is 16.5. The van der Waals surface area contributed by atoms with Crippen LogP contribution in [0.25, 0.3) is 34.1 Å². The standard InChI is InChI=1S/C43H44N4O9/c1-3-6-33(42(51)46-17-15-44-36(49)7-4-19-53-40-34-23-27(2)9-10-28(34)24-30-13-21-55-38(30)40)43(52)47-18-16-45-37(50)8-5-20-54-41-35-26-32(48)12-11-29(35)25-31-14-22-56-39(31)41/h1,9-14,21-22,24-25,33H,2,4-8,15-20,23,26H2,(H,44,49)(H,45,50)(H,46,51)(H,47,52). The van der Waals surface area contributed by atoms with Crippen LogP contribution in [0.4, 0.5) is 0 Å². The van der Waals surface area contributed by atoms with E-state index in [0.717, 1.165) is 38.6 Å². The van der Waals surface area contributed by atoms with Gasteiger partial charge < -0.3 is 39.6 Å². The van der Waals surface area contributed by atoms with Gasteiger partial charge in [0.1, 0.15) is 5.92 Å². The fourth-order valence-corrected chi connectivity index (χ4v) is 6.59. The predicted molar refractivity (Wildman–Crippen MR) is 210 cm³/mol. The molecule has 0 bridgehead atoms. The lowest BCUT2D eigenvalue weighted by Gasteiger charge is -2.18. The first-order chi connectivity index (χ1) is 27.2. The quantitative estimate of drug-likeness (QED) is 0.0606. The van der Waals surface area contributed by atoms with E-state index >= 15 is 0 Å². The van der Waals surface area contributed by atoms with Gasteiger partial charge in [-0.15, -0.1) is 12.3 Å². The van der Waals surface area contributed by atoms with Gasteiger partial charge in [0.05, 0.1) is 25.7 Å². The lowest BCUT2D eigenvalue weighted by atomic mass is 9.92. The smallest absolute Gasteiger partial charge is 0.233 e. The molecule has 4 aromatic rings. The zero-order valence-electron chi connectivity index (χ0n) is 31.0. The van der Waals surface area contributed by atoms with Crippen molar-refractivity contribution < 1.29 is 42.3 Å². The molecule has 0 radical (unpaired) electrons. The molecule has 2 heterocycles. The molecular formula is C43H44N4O9. The van der Waals surface area contributed by atoms with Crippen LogP contribution in [0.5, 0.6) is 11.5 Å². The second-order valence-electron chi connectivity index (χ2n) is 13.5. The van der Waals surface area contributed by atoms with Gasteiger partial charge in [0.25, 0.3) is 0 Å². The maximum atomic E-state index is 12.8. The highest BCUT2D eigenvalue weighted by Gasteiger charge is 2.26. The number of ether oxygens (including phenoxy) is 2. The summed E-state index contributed by atoms with van der Waals surface area (Å²) < 4.78 is 23.4. The number of ketones is 1. The first-order valence-electron chi connectivity index (χ1n) is 18.6. The van der Waals surface area contributed by atoms with Gasteiger partial charge in [-0.2, -0.15) is 0 Å². The first kappa shape index (κ1) is 39.2. The third kappa shape index (κ3) is 9.75. The second-order valence-corrected chi connectivity index (χ2v) is 13.5. The number of rotatable bonds is 19. The molecule has 13 nitrogen and oxygen atoms in total. The van der Waals surface area contributed by atoms with Crippen molar-refractivity contribution in [2.24, 2.45) is 5.92 Å². The Bertz CT molecular complexity index is 2100. The molecule has 2 aliphatic rings. The van der Waals surface area contributed by atoms with Crippen LogP contribution < -0.4 is 30.7 Å². The highest BCUT2D eigenvalue weighted by molar-refractivity contribution is 6.02. The summed E-state index contributed by atoms with van der Waals surface area (Å²) in [5.41, 5.74) is 5.94. The molecule has 1 unspecified atom stereocenters.